The number of hydrogen-bond acceptors (Lipinski definition) is 3. The van der Waals surface area contributed by atoms with E-state index in [1.807, 2.05) is 11.8 Å². The van der Waals surface area contributed by atoms with Gasteiger partial charge in [0.25, 0.3) is 0 Å². The molecule has 0 rings (SSSR count). The van der Waals surface area contributed by atoms with E-state index in [4.69, 9.17) is 0 Å². The summed E-state index contributed by atoms with van der Waals surface area (Å²) in [6.45, 7) is 5.38. The molecule has 1 atom stereocenters. The summed E-state index contributed by atoms with van der Waals surface area (Å²) in [6.07, 6.45) is 4.21. The van der Waals surface area contributed by atoms with Gasteiger partial charge in [0, 0.05) is 12.6 Å². The average Bonchev–Trinajstić information content (AvgIpc) is 2.20. The zero-order valence-electron chi connectivity index (χ0n) is 9.43. The Balaban J connectivity index is 3.36. The van der Waals surface area contributed by atoms with Crippen molar-refractivity contribution in [3.63, 3.8) is 0 Å². The molecule has 0 aliphatic rings. The van der Waals surface area contributed by atoms with E-state index in [9.17, 15) is 4.79 Å². The van der Waals surface area contributed by atoms with Crippen molar-refractivity contribution < 1.29 is 4.79 Å². The molecule has 0 heterocycles. The second kappa shape index (κ2) is 9.34. The van der Waals surface area contributed by atoms with Gasteiger partial charge in [-0.05, 0) is 31.8 Å². The maximum absolute atomic E-state index is 11.2. The summed E-state index contributed by atoms with van der Waals surface area (Å²) in [6, 6.07) is 0.426. The minimum atomic E-state index is 0.0999. The average molecular weight is 218 g/mol. The fourth-order valence-electron chi connectivity index (χ4n) is 0.991. The minimum absolute atomic E-state index is 0.0999. The van der Waals surface area contributed by atoms with Crippen LogP contribution in [0.15, 0.2) is 0 Å². The van der Waals surface area contributed by atoms with Crippen molar-refractivity contribution in [1.82, 2.24) is 10.6 Å². The van der Waals surface area contributed by atoms with E-state index in [-0.39, 0.29) is 5.91 Å². The lowest BCUT2D eigenvalue weighted by molar-refractivity contribution is -0.120. The van der Waals surface area contributed by atoms with Gasteiger partial charge < -0.3 is 10.6 Å². The Morgan fingerprint density at radius 3 is 2.79 bits per heavy atom. The third-order valence-corrected chi connectivity index (χ3v) is 2.58. The highest BCUT2D eigenvalue weighted by Crippen LogP contribution is 1.98. The molecule has 0 radical (unpaired) electrons. The number of rotatable bonds is 8. The quantitative estimate of drug-likeness (QED) is 0.644. The lowest BCUT2D eigenvalue weighted by Crippen LogP contribution is -2.38. The molecule has 2 N–H and O–H groups in total. The van der Waals surface area contributed by atoms with Crippen LogP contribution in [-0.2, 0) is 4.79 Å². The standard InChI is InChI=1S/C10H22N2OS/c1-4-6-11-10(13)8-12-9(2)5-7-14-3/h9,12H,4-8H2,1-3H3,(H,11,13). The highest BCUT2D eigenvalue weighted by molar-refractivity contribution is 7.98. The number of thioether (sulfide) groups is 1. The number of carbonyl (C=O) groups excluding carboxylic acids is 1. The third kappa shape index (κ3) is 8.38. The zero-order chi connectivity index (χ0) is 10.8. The van der Waals surface area contributed by atoms with Crippen molar-refractivity contribution in [2.24, 2.45) is 0 Å². The molecule has 84 valence electrons. The van der Waals surface area contributed by atoms with Gasteiger partial charge in [-0.15, -0.1) is 0 Å². The smallest absolute Gasteiger partial charge is 0.233 e. The van der Waals surface area contributed by atoms with Crippen LogP contribution in [0.5, 0.6) is 0 Å². The molecule has 1 unspecified atom stereocenters. The van der Waals surface area contributed by atoms with Crippen LogP contribution >= 0.6 is 11.8 Å². The van der Waals surface area contributed by atoms with Crippen LogP contribution in [-0.4, -0.2) is 37.0 Å². The van der Waals surface area contributed by atoms with Crippen LogP contribution in [0.3, 0.4) is 0 Å². The van der Waals surface area contributed by atoms with Crippen LogP contribution in [0.25, 0.3) is 0 Å². The summed E-state index contributed by atoms with van der Waals surface area (Å²) < 4.78 is 0. The van der Waals surface area contributed by atoms with E-state index < -0.39 is 0 Å². The summed E-state index contributed by atoms with van der Waals surface area (Å²) in [4.78, 5) is 11.2. The molecule has 0 saturated heterocycles. The first kappa shape index (κ1) is 13.8. The van der Waals surface area contributed by atoms with Gasteiger partial charge in [0.05, 0.1) is 6.54 Å². The molecule has 0 aliphatic carbocycles. The maximum atomic E-state index is 11.2. The highest BCUT2D eigenvalue weighted by Gasteiger charge is 2.03. The first-order chi connectivity index (χ1) is 6.70. The summed E-state index contributed by atoms with van der Waals surface area (Å²) in [5, 5.41) is 6.04. The molecular formula is C10H22N2OS. The number of hydrogen-bond donors (Lipinski definition) is 2. The molecule has 14 heavy (non-hydrogen) atoms. The Bertz CT molecular complexity index is 153. The molecule has 0 fully saturated rings. The molecule has 0 aliphatic heterocycles. The second-order valence-corrected chi connectivity index (χ2v) is 4.40. The van der Waals surface area contributed by atoms with Gasteiger partial charge in [-0.25, -0.2) is 0 Å². The van der Waals surface area contributed by atoms with Gasteiger partial charge in [-0.2, -0.15) is 11.8 Å². The van der Waals surface area contributed by atoms with Crippen molar-refractivity contribution in [2.45, 2.75) is 32.7 Å². The van der Waals surface area contributed by atoms with Crippen molar-refractivity contribution in [3.05, 3.63) is 0 Å². The fourth-order valence-corrected chi connectivity index (χ4v) is 1.58. The van der Waals surface area contributed by atoms with Gasteiger partial charge in [0.1, 0.15) is 0 Å². The van der Waals surface area contributed by atoms with Crippen molar-refractivity contribution in [2.75, 3.05) is 25.1 Å². The lowest BCUT2D eigenvalue weighted by atomic mass is 10.2. The predicted molar refractivity (Wildman–Crippen MR) is 63.8 cm³/mol. The van der Waals surface area contributed by atoms with E-state index in [2.05, 4.69) is 30.7 Å². The summed E-state index contributed by atoms with van der Waals surface area (Å²) in [5.74, 6) is 1.24. The van der Waals surface area contributed by atoms with E-state index in [0.29, 0.717) is 12.6 Å². The monoisotopic (exact) mass is 218 g/mol. The minimum Gasteiger partial charge on any atom is -0.355 e. The zero-order valence-corrected chi connectivity index (χ0v) is 10.2. The van der Waals surface area contributed by atoms with E-state index in [1.165, 1.54) is 0 Å². The Morgan fingerprint density at radius 1 is 1.50 bits per heavy atom. The Hall–Kier alpha value is -0.220. The molecule has 0 aromatic carbocycles. The molecule has 3 nitrogen and oxygen atoms in total. The molecule has 0 bridgehead atoms. The van der Waals surface area contributed by atoms with Crippen LogP contribution in [0.1, 0.15) is 26.7 Å². The number of amides is 1. The summed E-state index contributed by atoms with van der Waals surface area (Å²) in [7, 11) is 0. The van der Waals surface area contributed by atoms with Gasteiger partial charge in [0.2, 0.25) is 5.91 Å². The van der Waals surface area contributed by atoms with E-state index in [1.54, 1.807) is 0 Å². The Kier molecular flexibility index (Phi) is 9.19. The van der Waals surface area contributed by atoms with Gasteiger partial charge in [-0.3, -0.25) is 4.79 Å². The normalized spacial score (nSPS) is 12.5. The SMILES string of the molecule is CCCNC(=O)CNC(C)CCSC. The van der Waals surface area contributed by atoms with Crippen LogP contribution < -0.4 is 10.6 Å². The van der Waals surface area contributed by atoms with Crippen LogP contribution in [0, 0.1) is 0 Å². The Labute approximate surface area is 91.4 Å². The highest BCUT2D eigenvalue weighted by atomic mass is 32.2. The molecule has 0 aromatic rings. The first-order valence-electron chi connectivity index (χ1n) is 5.19. The van der Waals surface area contributed by atoms with E-state index >= 15 is 0 Å². The van der Waals surface area contributed by atoms with Crippen molar-refractivity contribution in [1.29, 1.82) is 0 Å². The molecule has 1 amide bonds. The van der Waals surface area contributed by atoms with Gasteiger partial charge in [0.15, 0.2) is 0 Å². The largest absolute Gasteiger partial charge is 0.355 e. The molecular weight excluding hydrogens is 196 g/mol. The van der Waals surface area contributed by atoms with Crippen molar-refractivity contribution in [3.8, 4) is 0 Å². The lowest BCUT2D eigenvalue weighted by Gasteiger charge is -2.12. The van der Waals surface area contributed by atoms with Crippen LogP contribution in [0.2, 0.25) is 0 Å². The summed E-state index contributed by atoms with van der Waals surface area (Å²) in [5.41, 5.74) is 0. The van der Waals surface area contributed by atoms with Crippen molar-refractivity contribution >= 4 is 17.7 Å². The topological polar surface area (TPSA) is 41.1 Å². The van der Waals surface area contributed by atoms with E-state index in [0.717, 1.165) is 25.1 Å². The molecule has 4 heteroatoms. The maximum Gasteiger partial charge on any atom is 0.233 e. The number of nitrogens with one attached hydrogen (secondary N) is 2. The third-order valence-electron chi connectivity index (χ3n) is 1.94. The number of carbonyl (C=O) groups is 1. The molecule has 0 aromatic heterocycles. The molecule has 0 saturated carbocycles. The fraction of sp³-hybridized carbons (Fsp3) is 0.900. The predicted octanol–water partition coefficient (Wildman–Crippen LogP) is 1.24. The molecule has 0 spiro atoms. The van der Waals surface area contributed by atoms with Gasteiger partial charge in [-0.1, -0.05) is 6.92 Å². The van der Waals surface area contributed by atoms with Crippen LogP contribution in [0.4, 0.5) is 0 Å². The first-order valence-corrected chi connectivity index (χ1v) is 6.59. The second-order valence-electron chi connectivity index (χ2n) is 3.41. The van der Waals surface area contributed by atoms with Gasteiger partial charge >= 0.3 is 0 Å². The summed E-state index contributed by atoms with van der Waals surface area (Å²) >= 11 is 1.84. The Morgan fingerprint density at radius 2 is 2.21 bits per heavy atom.